The summed E-state index contributed by atoms with van der Waals surface area (Å²) >= 11 is 0. The number of ether oxygens (including phenoxy) is 3. The van der Waals surface area contributed by atoms with Crippen molar-refractivity contribution in [1.82, 2.24) is 0 Å². The number of hydrogen-bond acceptors (Lipinski definition) is 5. The average molecular weight is 432 g/mol. The second kappa shape index (κ2) is 11.5. The van der Waals surface area contributed by atoms with Crippen LogP contribution in [0.4, 0.5) is 13.2 Å². The van der Waals surface area contributed by atoms with E-state index in [1.807, 2.05) is 6.92 Å². The van der Waals surface area contributed by atoms with Crippen LogP contribution in [0.2, 0.25) is 0 Å². The Hall–Kier alpha value is -1.93. The molecule has 3 atom stereocenters. The third-order valence-electron chi connectivity index (χ3n) is 5.06. The quantitative estimate of drug-likeness (QED) is 0.435. The lowest BCUT2D eigenvalue weighted by Crippen LogP contribution is -2.54. The lowest BCUT2D eigenvalue weighted by Gasteiger charge is -2.34. The summed E-state index contributed by atoms with van der Waals surface area (Å²) in [7, 11) is 0. The molecule has 0 aliphatic heterocycles. The molecule has 5 nitrogen and oxygen atoms in total. The molecular formula is C22H31F3O5. The van der Waals surface area contributed by atoms with Gasteiger partial charge in [-0.2, -0.15) is 13.2 Å². The molecule has 1 aromatic carbocycles. The number of carbonyl (C=O) groups is 2. The minimum Gasteiger partial charge on any atom is -0.442 e. The standard InChI is InChI=1S/C22H31F3O5/c1-6-15(4)29-16(5)20(27)30-19(22(23,24)25)18(26)21(7-2,8-3)28-14-17-12-10-9-11-13-17/h9-13,15-16,19H,6-8,14H2,1-5H3. The first-order chi connectivity index (χ1) is 14.0. The molecule has 0 saturated carbocycles. The fraction of sp³-hybridized carbons (Fsp3) is 0.636. The first-order valence-corrected chi connectivity index (χ1v) is 10.2. The van der Waals surface area contributed by atoms with E-state index in [9.17, 15) is 22.8 Å². The molecule has 0 heterocycles. The van der Waals surface area contributed by atoms with Crippen molar-refractivity contribution in [2.45, 2.75) is 90.6 Å². The molecular weight excluding hydrogens is 401 g/mol. The van der Waals surface area contributed by atoms with Crippen LogP contribution in [0.15, 0.2) is 30.3 Å². The Kier molecular flexibility index (Phi) is 9.97. The van der Waals surface area contributed by atoms with Crippen LogP contribution in [0.25, 0.3) is 0 Å². The smallest absolute Gasteiger partial charge is 0.432 e. The zero-order valence-corrected chi connectivity index (χ0v) is 18.1. The van der Waals surface area contributed by atoms with Crippen LogP contribution in [0, 0.1) is 0 Å². The van der Waals surface area contributed by atoms with Gasteiger partial charge in [-0.25, -0.2) is 4.79 Å². The predicted molar refractivity (Wildman–Crippen MR) is 106 cm³/mol. The summed E-state index contributed by atoms with van der Waals surface area (Å²) in [4.78, 5) is 25.2. The van der Waals surface area contributed by atoms with Crippen molar-refractivity contribution >= 4 is 11.8 Å². The van der Waals surface area contributed by atoms with Gasteiger partial charge in [-0.3, -0.25) is 4.79 Å². The number of benzene rings is 1. The molecule has 0 amide bonds. The van der Waals surface area contributed by atoms with Gasteiger partial charge in [0.15, 0.2) is 6.10 Å². The molecule has 8 heteroatoms. The van der Waals surface area contributed by atoms with Crippen molar-refractivity contribution in [3.8, 4) is 0 Å². The van der Waals surface area contributed by atoms with Crippen LogP contribution in [0.3, 0.4) is 0 Å². The molecule has 1 aromatic rings. The van der Waals surface area contributed by atoms with E-state index in [0.717, 1.165) is 0 Å². The number of halogens is 3. The maximum absolute atomic E-state index is 13.7. The first kappa shape index (κ1) is 26.1. The number of esters is 1. The molecule has 0 aliphatic rings. The highest BCUT2D eigenvalue weighted by Gasteiger charge is 2.55. The molecule has 0 aromatic heterocycles. The second-order valence-corrected chi connectivity index (χ2v) is 7.20. The van der Waals surface area contributed by atoms with E-state index in [1.54, 1.807) is 51.1 Å². The maximum atomic E-state index is 13.7. The Balaban J connectivity index is 3.06. The third-order valence-corrected chi connectivity index (χ3v) is 5.06. The Bertz CT molecular complexity index is 671. The molecule has 0 bridgehead atoms. The largest absolute Gasteiger partial charge is 0.442 e. The van der Waals surface area contributed by atoms with E-state index in [-0.39, 0.29) is 25.6 Å². The summed E-state index contributed by atoms with van der Waals surface area (Å²) in [6, 6.07) is 8.81. The molecule has 170 valence electrons. The number of Topliss-reactive ketones (excluding diaryl/α,β-unsaturated/α-hetero) is 1. The summed E-state index contributed by atoms with van der Waals surface area (Å²) in [5.41, 5.74) is -1.02. The molecule has 0 N–H and O–H groups in total. The van der Waals surface area contributed by atoms with E-state index in [4.69, 9.17) is 9.47 Å². The van der Waals surface area contributed by atoms with Gasteiger partial charge in [0.05, 0.1) is 12.7 Å². The minimum atomic E-state index is -5.07. The molecule has 0 spiro atoms. The number of carbonyl (C=O) groups excluding carboxylic acids is 2. The lowest BCUT2D eigenvalue weighted by molar-refractivity contribution is -0.232. The van der Waals surface area contributed by atoms with Crippen molar-refractivity contribution < 1.29 is 37.0 Å². The molecule has 3 unspecified atom stereocenters. The minimum absolute atomic E-state index is 0.00177. The van der Waals surface area contributed by atoms with Crippen molar-refractivity contribution in [2.75, 3.05) is 0 Å². The van der Waals surface area contributed by atoms with Crippen LogP contribution in [0.5, 0.6) is 0 Å². The van der Waals surface area contributed by atoms with Crippen LogP contribution in [-0.2, 0) is 30.4 Å². The Morgan fingerprint density at radius 2 is 1.57 bits per heavy atom. The van der Waals surface area contributed by atoms with Gasteiger partial charge in [0.25, 0.3) is 6.10 Å². The predicted octanol–water partition coefficient (Wildman–Crippen LogP) is 5.01. The lowest BCUT2D eigenvalue weighted by atomic mass is 9.88. The highest BCUT2D eigenvalue weighted by Crippen LogP contribution is 2.33. The summed E-state index contributed by atoms with van der Waals surface area (Å²) in [6.07, 6.45) is -9.01. The van der Waals surface area contributed by atoms with Crippen LogP contribution in [-0.4, -0.2) is 41.8 Å². The summed E-state index contributed by atoms with van der Waals surface area (Å²) < 4.78 is 56.7. The monoisotopic (exact) mass is 432 g/mol. The van der Waals surface area contributed by atoms with E-state index < -0.39 is 35.7 Å². The highest BCUT2D eigenvalue weighted by atomic mass is 19.4. The Labute approximate surface area is 175 Å². The maximum Gasteiger partial charge on any atom is 0.432 e. The molecule has 0 saturated heterocycles. The van der Waals surface area contributed by atoms with E-state index >= 15 is 0 Å². The van der Waals surface area contributed by atoms with Gasteiger partial charge in [-0.15, -0.1) is 0 Å². The zero-order chi connectivity index (χ0) is 22.9. The van der Waals surface area contributed by atoms with E-state index in [1.165, 1.54) is 6.92 Å². The fourth-order valence-corrected chi connectivity index (χ4v) is 2.89. The van der Waals surface area contributed by atoms with Gasteiger partial charge in [-0.1, -0.05) is 51.1 Å². The van der Waals surface area contributed by atoms with Crippen molar-refractivity contribution in [1.29, 1.82) is 0 Å². The summed E-state index contributed by atoms with van der Waals surface area (Å²) in [6.45, 7) is 7.89. The van der Waals surface area contributed by atoms with Gasteiger partial charge in [-0.05, 0) is 38.7 Å². The summed E-state index contributed by atoms with van der Waals surface area (Å²) in [5.74, 6) is -2.56. The molecule has 0 fully saturated rings. The van der Waals surface area contributed by atoms with Gasteiger partial charge in [0, 0.05) is 0 Å². The van der Waals surface area contributed by atoms with Gasteiger partial charge >= 0.3 is 12.1 Å². The zero-order valence-electron chi connectivity index (χ0n) is 18.1. The SMILES string of the molecule is CCC(C)OC(C)C(=O)OC(C(=O)C(CC)(CC)OCc1ccccc1)C(F)(F)F. The molecule has 30 heavy (non-hydrogen) atoms. The third kappa shape index (κ3) is 7.09. The van der Waals surface area contributed by atoms with Crippen molar-refractivity contribution in [3.05, 3.63) is 35.9 Å². The second-order valence-electron chi connectivity index (χ2n) is 7.20. The molecule has 0 radical (unpaired) electrons. The van der Waals surface area contributed by atoms with Gasteiger partial charge in [0.2, 0.25) is 5.78 Å². The highest BCUT2D eigenvalue weighted by molar-refractivity contribution is 5.93. The number of alkyl halides is 3. The number of hydrogen-bond donors (Lipinski definition) is 0. The number of rotatable bonds is 12. The normalized spacial score (nSPS) is 15.3. The van der Waals surface area contributed by atoms with Crippen LogP contribution < -0.4 is 0 Å². The summed E-state index contributed by atoms with van der Waals surface area (Å²) in [5, 5.41) is 0. The van der Waals surface area contributed by atoms with E-state index in [2.05, 4.69) is 4.74 Å². The van der Waals surface area contributed by atoms with Crippen LogP contribution >= 0.6 is 0 Å². The fourth-order valence-electron chi connectivity index (χ4n) is 2.89. The Morgan fingerprint density at radius 1 is 1.00 bits per heavy atom. The first-order valence-electron chi connectivity index (χ1n) is 10.2. The van der Waals surface area contributed by atoms with Crippen molar-refractivity contribution in [3.63, 3.8) is 0 Å². The Morgan fingerprint density at radius 3 is 2.03 bits per heavy atom. The van der Waals surface area contributed by atoms with Gasteiger partial charge < -0.3 is 14.2 Å². The van der Waals surface area contributed by atoms with E-state index in [0.29, 0.717) is 12.0 Å². The van der Waals surface area contributed by atoms with Crippen molar-refractivity contribution in [2.24, 2.45) is 0 Å². The number of ketones is 1. The van der Waals surface area contributed by atoms with Gasteiger partial charge in [0.1, 0.15) is 5.60 Å². The topological polar surface area (TPSA) is 61.8 Å². The molecule has 0 aliphatic carbocycles. The van der Waals surface area contributed by atoms with Crippen LogP contribution in [0.1, 0.15) is 59.4 Å². The average Bonchev–Trinajstić information content (AvgIpc) is 2.72. The molecule has 1 rings (SSSR count).